The molecule has 550 valence electrons. The van der Waals surface area contributed by atoms with E-state index in [0.717, 1.165) is 22.0 Å². The number of hydrogen-bond acceptors (Lipinski definition) is 17. The third-order valence-electron chi connectivity index (χ3n) is 18.0. The molecule has 0 aromatic heterocycles. The number of rotatable bonds is 41. The number of urea groups is 1. The lowest BCUT2D eigenvalue weighted by molar-refractivity contribution is -0.148. The molecule has 12 atom stereocenters. The molecule has 29 heteroatoms. The van der Waals surface area contributed by atoms with Crippen LogP contribution in [-0.4, -0.2) is 218 Å². The van der Waals surface area contributed by atoms with Crippen LogP contribution in [0.1, 0.15) is 138 Å². The lowest BCUT2D eigenvalue weighted by atomic mass is 9.89. The molecule has 2 aliphatic heterocycles. The first-order valence-corrected chi connectivity index (χ1v) is 34.1. The number of amides is 13. The van der Waals surface area contributed by atoms with Gasteiger partial charge in [0.1, 0.15) is 30.8 Å². The molecule has 2 aliphatic rings. The monoisotopic (exact) mass is 1390 g/mol. The molecule has 0 aliphatic carbocycles. The van der Waals surface area contributed by atoms with Crippen LogP contribution in [0.3, 0.4) is 0 Å². The number of aliphatic hydroxyl groups excluding tert-OH is 1. The number of nitrogens with zero attached hydrogens (tertiary/aromatic N) is 4. The number of ether oxygens (including phenoxy) is 4. The van der Waals surface area contributed by atoms with Crippen molar-refractivity contribution >= 4 is 76.9 Å². The summed E-state index contributed by atoms with van der Waals surface area (Å²) >= 11 is 0. The Hall–Kier alpha value is -8.54. The highest BCUT2D eigenvalue weighted by atomic mass is 16.6. The first-order chi connectivity index (χ1) is 46.9. The Balaban J connectivity index is 1.34. The fraction of sp³-hybridized carbons (Fsp3) is 0.629. The second-order valence-electron chi connectivity index (χ2n) is 26.4. The highest BCUT2D eigenvalue weighted by Crippen LogP contribution is 2.31. The molecule has 2 aromatic carbocycles. The van der Waals surface area contributed by atoms with Gasteiger partial charge in [-0.3, -0.25) is 57.7 Å². The molecule has 1 unspecified atom stereocenters. The van der Waals surface area contributed by atoms with E-state index in [1.165, 1.54) is 21.3 Å². The van der Waals surface area contributed by atoms with Crippen LogP contribution in [0, 0.1) is 29.6 Å². The predicted octanol–water partition coefficient (Wildman–Crippen LogP) is 3.43. The van der Waals surface area contributed by atoms with E-state index in [-0.39, 0.29) is 89.3 Å². The summed E-state index contributed by atoms with van der Waals surface area (Å²) in [6, 6.07) is 8.51. The van der Waals surface area contributed by atoms with Crippen molar-refractivity contribution in [2.45, 2.75) is 188 Å². The standard InChI is InChI=1S/C70H108N12O17/c1-15-44(8)61(52(96-13)39-57(87)81-35-20-24-51(81)63(97-14)45(9)64(89)74-46(10)62(88)48-21-17-16-18-22-48)79(11)68(93)59(42(4)5)78-67(92)60(43(6)7)80(12)70(95)99-40-47-25-27-49(28-26-47)75-65(90)50(23-19-33-73-69(71)94)76-66(91)58(41(2)3)77-54(84)32-37-98-38-34-72-53(83)31-36-82-55(85)29-30-56(82)86/h16-18,21-22,25-30,41-46,50-52,58-63,88H,15,19-20,23-24,31-40H2,1-14H3,(H,72,83)(H,74,89)(H,75,90)(H,76,91)(H,77,84)(H,78,92)(H3,71,73,94)/t44-,45+,46+,50-,51-,52+,58-,59-,60-,61?,62+,63+/m0/s1. The van der Waals surface area contributed by atoms with E-state index in [1.807, 2.05) is 32.0 Å². The number of primary amides is 1. The largest absolute Gasteiger partial charge is 0.445 e. The third-order valence-corrected chi connectivity index (χ3v) is 18.0. The van der Waals surface area contributed by atoms with Crippen molar-refractivity contribution in [3.63, 3.8) is 0 Å². The molecular formula is C70H108N12O17. The third kappa shape index (κ3) is 25.3. The van der Waals surface area contributed by atoms with Crippen molar-refractivity contribution in [1.29, 1.82) is 0 Å². The quantitative estimate of drug-likeness (QED) is 0.0340. The molecule has 2 aromatic rings. The average molecular weight is 1390 g/mol. The van der Waals surface area contributed by atoms with Gasteiger partial charge in [-0.1, -0.05) is 111 Å². The number of aliphatic hydroxyl groups is 1. The fourth-order valence-corrected chi connectivity index (χ4v) is 12.2. The van der Waals surface area contributed by atoms with E-state index in [0.29, 0.717) is 42.6 Å². The Morgan fingerprint density at radius 2 is 1.34 bits per heavy atom. The molecule has 29 nitrogen and oxygen atoms in total. The summed E-state index contributed by atoms with van der Waals surface area (Å²) < 4.78 is 23.2. The Morgan fingerprint density at radius 1 is 0.697 bits per heavy atom. The lowest BCUT2D eigenvalue weighted by Gasteiger charge is -2.41. The summed E-state index contributed by atoms with van der Waals surface area (Å²) in [5, 5.41) is 30.1. The van der Waals surface area contributed by atoms with Gasteiger partial charge in [-0.05, 0) is 79.5 Å². The molecule has 10 N–H and O–H groups in total. The second kappa shape index (κ2) is 41.1. The SMILES string of the molecule is CC[C@H](C)C([C@@H](CC(=O)N1CCC[C@H]1[C@H](OC)[C@@H](C)C(=O)N[C@H](C)[C@@H](O)c1ccccc1)OC)N(C)C(=O)[C@@H](NC(=O)[C@H](C(C)C)N(C)C(=O)OCc1ccc(NC(=O)[C@H](CCCNC(N)=O)NC(=O)[C@@H](NC(=O)CCOCCNC(=O)CCN2C(=O)C=CC2=O)C(C)C)cc1)C(C)C. The minimum atomic E-state index is -1.15. The predicted molar refractivity (Wildman–Crippen MR) is 368 cm³/mol. The summed E-state index contributed by atoms with van der Waals surface area (Å²) in [6.07, 6.45) is 0.852. The number of nitrogens with one attached hydrogen (secondary N) is 7. The van der Waals surface area contributed by atoms with Gasteiger partial charge < -0.3 is 76.8 Å². The maximum Gasteiger partial charge on any atom is 0.410 e. The smallest absolute Gasteiger partial charge is 0.410 e. The number of carbonyl (C=O) groups is 12. The Morgan fingerprint density at radius 3 is 1.93 bits per heavy atom. The minimum Gasteiger partial charge on any atom is -0.445 e. The molecule has 2 heterocycles. The number of hydrogen-bond donors (Lipinski definition) is 9. The second-order valence-corrected chi connectivity index (χ2v) is 26.4. The van der Waals surface area contributed by atoms with Gasteiger partial charge >= 0.3 is 12.1 Å². The van der Waals surface area contributed by atoms with Crippen molar-refractivity contribution in [2.75, 3.05) is 73.0 Å². The van der Waals surface area contributed by atoms with Crippen LogP contribution in [0.25, 0.3) is 0 Å². The molecule has 0 spiro atoms. The molecule has 0 saturated carbocycles. The molecule has 99 heavy (non-hydrogen) atoms. The molecule has 1 saturated heterocycles. The van der Waals surface area contributed by atoms with Crippen molar-refractivity contribution in [3.05, 3.63) is 77.9 Å². The van der Waals surface area contributed by atoms with E-state index in [1.54, 1.807) is 109 Å². The Kier molecular flexibility index (Phi) is 34.4. The first kappa shape index (κ1) is 82.9. The fourth-order valence-electron chi connectivity index (χ4n) is 12.2. The van der Waals surface area contributed by atoms with Gasteiger partial charge in [0.2, 0.25) is 47.3 Å². The van der Waals surface area contributed by atoms with Crippen LogP contribution in [-0.2, 0) is 73.5 Å². The number of methoxy groups -OCH3 is 2. The maximum atomic E-state index is 14.8. The van der Waals surface area contributed by atoms with Gasteiger partial charge in [0.15, 0.2) is 0 Å². The van der Waals surface area contributed by atoms with Crippen LogP contribution in [0.4, 0.5) is 15.3 Å². The minimum absolute atomic E-state index is 0.0471. The Labute approximate surface area is 581 Å². The molecule has 13 amide bonds. The Bertz CT molecular complexity index is 3040. The van der Waals surface area contributed by atoms with Gasteiger partial charge in [-0.2, -0.15) is 0 Å². The van der Waals surface area contributed by atoms with Crippen LogP contribution in [0.15, 0.2) is 66.7 Å². The summed E-state index contributed by atoms with van der Waals surface area (Å²) in [4.78, 5) is 164. The molecular weight excluding hydrogens is 1280 g/mol. The first-order valence-electron chi connectivity index (χ1n) is 34.1. The summed E-state index contributed by atoms with van der Waals surface area (Å²) in [6.45, 7) is 18.2. The van der Waals surface area contributed by atoms with E-state index in [4.69, 9.17) is 24.7 Å². The van der Waals surface area contributed by atoms with Gasteiger partial charge in [0.25, 0.3) is 11.8 Å². The van der Waals surface area contributed by atoms with Gasteiger partial charge in [-0.15, -0.1) is 0 Å². The highest BCUT2D eigenvalue weighted by molar-refractivity contribution is 6.13. The van der Waals surface area contributed by atoms with E-state index >= 15 is 0 Å². The zero-order valence-electron chi connectivity index (χ0n) is 60.0. The summed E-state index contributed by atoms with van der Waals surface area (Å²) in [7, 11) is 6.06. The van der Waals surface area contributed by atoms with Crippen molar-refractivity contribution in [2.24, 2.45) is 35.3 Å². The maximum absolute atomic E-state index is 14.8. The van der Waals surface area contributed by atoms with E-state index in [2.05, 4.69) is 37.2 Å². The van der Waals surface area contributed by atoms with Gasteiger partial charge in [0.05, 0.1) is 62.0 Å². The number of carbonyl (C=O) groups excluding carboxylic acids is 12. The lowest BCUT2D eigenvalue weighted by Crippen LogP contribution is -2.60. The number of likely N-dealkylation sites (N-methyl/N-ethyl adjacent to an activating group) is 2. The summed E-state index contributed by atoms with van der Waals surface area (Å²) in [5.41, 5.74) is 6.73. The zero-order chi connectivity index (χ0) is 73.8. The van der Waals surface area contributed by atoms with Crippen molar-refractivity contribution < 1.29 is 81.6 Å². The zero-order valence-corrected chi connectivity index (χ0v) is 60.0. The van der Waals surface area contributed by atoms with Crippen LogP contribution in [0.5, 0.6) is 0 Å². The topological polar surface area (TPSA) is 385 Å². The average Bonchev–Trinajstić information content (AvgIpc) is 1.77. The van der Waals surface area contributed by atoms with Gasteiger partial charge in [-0.25, -0.2) is 9.59 Å². The van der Waals surface area contributed by atoms with Crippen LogP contribution >= 0.6 is 0 Å². The number of anilines is 1. The molecule has 1 fully saturated rings. The number of benzene rings is 2. The molecule has 0 bridgehead atoms. The number of imide groups is 1. The number of nitrogens with two attached hydrogens (primary N) is 1. The van der Waals surface area contributed by atoms with Crippen molar-refractivity contribution in [3.8, 4) is 0 Å². The van der Waals surface area contributed by atoms with Gasteiger partial charge in [0, 0.05) is 85.2 Å². The highest BCUT2D eigenvalue weighted by Gasteiger charge is 2.44. The van der Waals surface area contributed by atoms with E-state index < -0.39 is 144 Å². The molecule has 0 radical (unpaired) electrons. The number of likely N-dealkylation sites (tertiary alicyclic amines) is 1. The van der Waals surface area contributed by atoms with Crippen LogP contribution in [0.2, 0.25) is 0 Å². The summed E-state index contributed by atoms with van der Waals surface area (Å²) in [5.74, 6) is -6.96. The van der Waals surface area contributed by atoms with E-state index in [9.17, 15) is 62.6 Å². The molecule has 4 rings (SSSR count). The normalized spacial score (nSPS) is 17.1. The van der Waals surface area contributed by atoms with Crippen molar-refractivity contribution in [1.82, 2.24) is 51.5 Å². The van der Waals surface area contributed by atoms with Crippen LogP contribution < -0.4 is 43.0 Å².